The van der Waals surface area contributed by atoms with Crippen molar-refractivity contribution in [1.82, 2.24) is 0 Å². The summed E-state index contributed by atoms with van der Waals surface area (Å²) in [6.07, 6.45) is 4.41. The molecule has 28 heavy (non-hydrogen) atoms. The molecular formula is C23H18F2N2O. The minimum Gasteiger partial charge on any atom is -0.440 e. The van der Waals surface area contributed by atoms with Crippen molar-refractivity contribution >= 4 is 6.08 Å². The van der Waals surface area contributed by atoms with Gasteiger partial charge in [0.25, 0.3) is 0 Å². The first-order chi connectivity index (χ1) is 13.6. The number of nitrogens with zero attached hydrogens (tertiary/aromatic N) is 1. The maximum Gasteiger partial charge on any atom is 0.205 e. The van der Waals surface area contributed by atoms with Crippen molar-refractivity contribution < 1.29 is 13.5 Å². The van der Waals surface area contributed by atoms with Gasteiger partial charge in [-0.2, -0.15) is 5.26 Å². The van der Waals surface area contributed by atoms with Gasteiger partial charge >= 0.3 is 0 Å². The number of nitriles is 1. The summed E-state index contributed by atoms with van der Waals surface area (Å²) in [6.45, 7) is 0. The summed E-state index contributed by atoms with van der Waals surface area (Å²) in [7, 11) is 0. The molecule has 2 aromatic carbocycles. The lowest BCUT2D eigenvalue weighted by atomic mass is 9.77. The van der Waals surface area contributed by atoms with Crippen LogP contribution in [-0.4, -0.2) is 0 Å². The number of hydrogen-bond donors (Lipinski definition) is 1. The molecule has 1 atom stereocenters. The minimum absolute atomic E-state index is 0.0717. The van der Waals surface area contributed by atoms with Crippen LogP contribution < -0.4 is 5.73 Å². The van der Waals surface area contributed by atoms with Gasteiger partial charge in [0.2, 0.25) is 5.88 Å². The SMILES string of the molecule is N#CC1=C(N)OC2=C(CCC/C2=C\c2ccc(F)cc2)[C@H]1c1ccc(F)cc1. The summed E-state index contributed by atoms with van der Waals surface area (Å²) < 4.78 is 32.5. The van der Waals surface area contributed by atoms with Crippen LogP contribution in [0.5, 0.6) is 0 Å². The van der Waals surface area contributed by atoms with E-state index in [1.54, 1.807) is 24.3 Å². The molecule has 0 fully saturated rings. The average molecular weight is 376 g/mol. The maximum atomic E-state index is 13.4. The number of benzene rings is 2. The third-order valence-corrected chi connectivity index (χ3v) is 5.12. The minimum atomic E-state index is -0.355. The topological polar surface area (TPSA) is 59.0 Å². The molecule has 0 unspecified atom stereocenters. The summed E-state index contributed by atoms with van der Waals surface area (Å²) in [5.41, 5.74) is 10.0. The summed E-state index contributed by atoms with van der Waals surface area (Å²) in [5.74, 6) is -0.238. The van der Waals surface area contributed by atoms with Gasteiger partial charge in [0, 0.05) is 5.92 Å². The number of hydrogen-bond acceptors (Lipinski definition) is 3. The first kappa shape index (κ1) is 18.0. The van der Waals surface area contributed by atoms with E-state index in [0.717, 1.165) is 41.5 Å². The van der Waals surface area contributed by atoms with E-state index in [1.165, 1.54) is 24.3 Å². The Hall–Kier alpha value is -3.39. The predicted octanol–water partition coefficient (Wildman–Crippen LogP) is 5.29. The highest BCUT2D eigenvalue weighted by molar-refractivity contribution is 5.62. The van der Waals surface area contributed by atoms with Crippen LogP contribution in [0.15, 0.2) is 76.9 Å². The van der Waals surface area contributed by atoms with E-state index in [9.17, 15) is 14.0 Å². The first-order valence-electron chi connectivity index (χ1n) is 9.09. The molecule has 2 aromatic rings. The summed E-state index contributed by atoms with van der Waals surface area (Å²) in [4.78, 5) is 0. The van der Waals surface area contributed by atoms with E-state index in [0.29, 0.717) is 11.3 Å². The Morgan fingerprint density at radius 1 is 1.00 bits per heavy atom. The highest BCUT2D eigenvalue weighted by atomic mass is 19.1. The van der Waals surface area contributed by atoms with E-state index >= 15 is 0 Å². The van der Waals surface area contributed by atoms with Crippen molar-refractivity contribution in [3.8, 4) is 6.07 Å². The Balaban J connectivity index is 1.82. The van der Waals surface area contributed by atoms with Crippen molar-refractivity contribution in [2.45, 2.75) is 25.2 Å². The van der Waals surface area contributed by atoms with Crippen molar-refractivity contribution in [3.63, 3.8) is 0 Å². The molecule has 0 radical (unpaired) electrons. The van der Waals surface area contributed by atoms with E-state index < -0.39 is 0 Å². The molecule has 3 nitrogen and oxygen atoms in total. The fourth-order valence-corrected chi connectivity index (χ4v) is 3.83. The van der Waals surface area contributed by atoms with Gasteiger partial charge in [-0.3, -0.25) is 0 Å². The Labute approximate surface area is 162 Å². The highest BCUT2D eigenvalue weighted by Crippen LogP contribution is 2.46. The van der Waals surface area contributed by atoms with Gasteiger partial charge in [-0.25, -0.2) is 8.78 Å². The zero-order chi connectivity index (χ0) is 19.7. The van der Waals surface area contributed by atoms with Crippen LogP contribution in [0.1, 0.15) is 36.3 Å². The monoisotopic (exact) mass is 376 g/mol. The normalized spacial score (nSPS) is 20.6. The molecule has 2 aliphatic rings. The van der Waals surface area contributed by atoms with Gasteiger partial charge in [-0.1, -0.05) is 24.3 Å². The summed E-state index contributed by atoms with van der Waals surface area (Å²) >= 11 is 0. The number of rotatable bonds is 2. The molecule has 4 rings (SSSR count). The van der Waals surface area contributed by atoms with E-state index in [-0.39, 0.29) is 23.4 Å². The zero-order valence-electron chi connectivity index (χ0n) is 15.1. The van der Waals surface area contributed by atoms with Crippen LogP contribution in [0.25, 0.3) is 6.08 Å². The molecule has 0 aromatic heterocycles. The molecule has 1 aliphatic carbocycles. The molecular weight excluding hydrogens is 358 g/mol. The molecule has 5 heteroatoms. The second kappa shape index (κ2) is 7.32. The smallest absolute Gasteiger partial charge is 0.205 e. The average Bonchev–Trinajstić information content (AvgIpc) is 2.70. The number of ether oxygens (including phenoxy) is 1. The Morgan fingerprint density at radius 2 is 1.64 bits per heavy atom. The zero-order valence-corrected chi connectivity index (χ0v) is 15.1. The highest BCUT2D eigenvalue weighted by Gasteiger charge is 2.35. The van der Waals surface area contributed by atoms with E-state index in [1.807, 2.05) is 6.08 Å². The van der Waals surface area contributed by atoms with Crippen LogP contribution in [0, 0.1) is 23.0 Å². The molecule has 140 valence electrons. The van der Waals surface area contributed by atoms with Crippen LogP contribution in [0.4, 0.5) is 8.78 Å². The molecule has 2 N–H and O–H groups in total. The van der Waals surface area contributed by atoms with Crippen molar-refractivity contribution in [2.75, 3.05) is 0 Å². The second-order valence-electron chi connectivity index (χ2n) is 6.91. The summed E-state index contributed by atoms with van der Waals surface area (Å²) in [5, 5.41) is 9.65. The molecule has 1 heterocycles. The van der Waals surface area contributed by atoms with Gasteiger partial charge in [0.15, 0.2) is 0 Å². The lowest BCUT2D eigenvalue weighted by Gasteiger charge is -2.33. The van der Waals surface area contributed by atoms with Crippen LogP contribution in [0.3, 0.4) is 0 Å². The number of allylic oxidation sites excluding steroid dienone is 3. The Bertz CT molecular complexity index is 1040. The van der Waals surface area contributed by atoms with E-state index in [4.69, 9.17) is 10.5 Å². The van der Waals surface area contributed by atoms with Crippen molar-refractivity contribution in [1.29, 1.82) is 5.26 Å². The van der Waals surface area contributed by atoms with Gasteiger partial charge in [0.05, 0.1) is 0 Å². The van der Waals surface area contributed by atoms with Crippen molar-refractivity contribution in [3.05, 3.63) is 99.7 Å². The molecule has 0 spiro atoms. The molecule has 0 bridgehead atoms. The second-order valence-corrected chi connectivity index (χ2v) is 6.91. The molecule has 1 aliphatic heterocycles. The van der Waals surface area contributed by atoms with Crippen molar-refractivity contribution in [2.24, 2.45) is 5.73 Å². The summed E-state index contributed by atoms with van der Waals surface area (Å²) in [6, 6.07) is 14.5. The third kappa shape index (κ3) is 3.29. The standard InChI is InChI=1S/C23H18F2N2O/c24-17-8-4-14(5-9-17)12-16-2-1-3-19-21(15-6-10-18(25)11-7-15)20(13-26)23(27)28-22(16)19/h4-12,21H,1-3,27H2/b16-12+/t21-/m1/s1. The molecule has 0 saturated carbocycles. The third-order valence-electron chi connectivity index (χ3n) is 5.12. The largest absolute Gasteiger partial charge is 0.440 e. The predicted molar refractivity (Wildman–Crippen MR) is 102 cm³/mol. The molecule has 0 amide bonds. The Morgan fingerprint density at radius 3 is 2.29 bits per heavy atom. The lowest BCUT2D eigenvalue weighted by Crippen LogP contribution is -2.23. The quantitative estimate of drug-likeness (QED) is 0.774. The number of nitrogens with two attached hydrogens (primary N) is 1. The van der Waals surface area contributed by atoms with E-state index in [2.05, 4.69) is 6.07 Å². The van der Waals surface area contributed by atoms with Gasteiger partial charge in [-0.15, -0.1) is 0 Å². The van der Waals surface area contributed by atoms with Gasteiger partial charge < -0.3 is 10.5 Å². The fraction of sp³-hybridized carbons (Fsp3) is 0.174. The van der Waals surface area contributed by atoms with Gasteiger partial charge in [0.1, 0.15) is 29.0 Å². The number of halogens is 2. The van der Waals surface area contributed by atoms with Crippen LogP contribution >= 0.6 is 0 Å². The van der Waals surface area contributed by atoms with Gasteiger partial charge in [-0.05, 0) is 71.9 Å². The maximum absolute atomic E-state index is 13.4. The molecule has 0 saturated heterocycles. The van der Waals surface area contributed by atoms with Crippen LogP contribution in [0.2, 0.25) is 0 Å². The fourth-order valence-electron chi connectivity index (χ4n) is 3.83. The van der Waals surface area contributed by atoms with Crippen LogP contribution in [-0.2, 0) is 4.74 Å². The first-order valence-corrected chi connectivity index (χ1v) is 9.09. The lowest BCUT2D eigenvalue weighted by molar-refractivity contribution is 0.277. The Kier molecular flexibility index (Phi) is 4.70.